The van der Waals surface area contributed by atoms with Crippen molar-refractivity contribution in [2.75, 3.05) is 31.6 Å². The Hall–Kier alpha value is -2.63. The maximum Gasteiger partial charge on any atom is 0.270 e. The molecule has 0 atom stereocenters. The van der Waals surface area contributed by atoms with Crippen LogP contribution in [-0.2, 0) is 6.42 Å². The number of rotatable bonds is 10. The fraction of sp³-hybridized carbons (Fsp3) is 0.450. The van der Waals surface area contributed by atoms with Crippen LogP contribution in [0.1, 0.15) is 42.7 Å². The number of aromatic nitrogens is 2. The summed E-state index contributed by atoms with van der Waals surface area (Å²) in [6, 6.07) is 9.50. The summed E-state index contributed by atoms with van der Waals surface area (Å²) in [5.41, 5.74) is 1.52. The highest BCUT2D eigenvalue weighted by atomic mass is 16.5. The SMILES string of the molecule is CCCN(CCC)c1nccc(C(=O)NCCc2cccc(OC)c2)n1. The molecule has 1 aromatic carbocycles. The van der Waals surface area contributed by atoms with Crippen molar-refractivity contribution < 1.29 is 9.53 Å². The first-order valence-corrected chi connectivity index (χ1v) is 9.17. The zero-order valence-corrected chi connectivity index (χ0v) is 15.9. The fourth-order valence-corrected chi connectivity index (χ4v) is 2.72. The summed E-state index contributed by atoms with van der Waals surface area (Å²) >= 11 is 0. The first-order chi connectivity index (χ1) is 12.7. The molecule has 140 valence electrons. The molecule has 6 nitrogen and oxygen atoms in total. The number of methoxy groups -OCH3 is 1. The number of amides is 1. The topological polar surface area (TPSA) is 67.4 Å². The van der Waals surface area contributed by atoms with Crippen LogP contribution in [0.2, 0.25) is 0 Å². The Kier molecular flexibility index (Phi) is 7.86. The summed E-state index contributed by atoms with van der Waals surface area (Å²) in [5, 5.41) is 2.93. The second kappa shape index (κ2) is 10.4. The van der Waals surface area contributed by atoms with E-state index in [0.717, 1.165) is 43.7 Å². The monoisotopic (exact) mass is 356 g/mol. The Balaban J connectivity index is 1.95. The lowest BCUT2D eigenvalue weighted by Gasteiger charge is -2.21. The number of hydrogen-bond acceptors (Lipinski definition) is 5. The molecule has 0 radical (unpaired) electrons. The molecule has 26 heavy (non-hydrogen) atoms. The normalized spacial score (nSPS) is 10.4. The van der Waals surface area contributed by atoms with Gasteiger partial charge in [-0.3, -0.25) is 4.79 Å². The molecule has 0 aliphatic rings. The van der Waals surface area contributed by atoms with Gasteiger partial charge in [-0.2, -0.15) is 0 Å². The third-order valence-electron chi connectivity index (χ3n) is 3.98. The van der Waals surface area contributed by atoms with Crippen molar-refractivity contribution >= 4 is 11.9 Å². The van der Waals surface area contributed by atoms with Crippen LogP contribution in [0.4, 0.5) is 5.95 Å². The molecular weight excluding hydrogens is 328 g/mol. The van der Waals surface area contributed by atoms with Crippen LogP contribution >= 0.6 is 0 Å². The van der Waals surface area contributed by atoms with Gasteiger partial charge in [0.25, 0.3) is 5.91 Å². The van der Waals surface area contributed by atoms with E-state index in [9.17, 15) is 4.79 Å². The van der Waals surface area contributed by atoms with Crippen LogP contribution < -0.4 is 15.0 Å². The molecule has 0 saturated carbocycles. The second-order valence-electron chi connectivity index (χ2n) is 6.09. The van der Waals surface area contributed by atoms with Crippen LogP contribution in [0.15, 0.2) is 36.5 Å². The molecule has 1 aromatic heterocycles. The van der Waals surface area contributed by atoms with E-state index in [0.29, 0.717) is 18.2 Å². The van der Waals surface area contributed by atoms with E-state index in [2.05, 4.69) is 34.0 Å². The van der Waals surface area contributed by atoms with Crippen LogP contribution in [0.3, 0.4) is 0 Å². The molecular formula is C20H28N4O2. The molecule has 1 N–H and O–H groups in total. The third-order valence-corrected chi connectivity index (χ3v) is 3.98. The van der Waals surface area contributed by atoms with E-state index < -0.39 is 0 Å². The number of ether oxygens (including phenoxy) is 1. The number of nitrogens with one attached hydrogen (secondary N) is 1. The van der Waals surface area contributed by atoms with Crippen molar-refractivity contribution in [2.45, 2.75) is 33.1 Å². The first-order valence-electron chi connectivity index (χ1n) is 9.17. The number of carbonyl (C=O) groups is 1. The molecule has 0 unspecified atom stereocenters. The first kappa shape index (κ1) is 19.7. The van der Waals surface area contributed by atoms with Crippen molar-refractivity contribution in [3.63, 3.8) is 0 Å². The Morgan fingerprint density at radius 1 is 1.19 bits per heavy atom. The summed E-state index contributed by atoms with van der Waals surface area (Å²) < 4.78 is 5.22. The fourth-order valence-electron chi connectivity index (χ4n) is 2.72. The lowest BCUT2D eigenvalue weighted by Crippen LogP contribution is -2.30. The molecule has 1 heterocycles. The molecule has 0 bridgehead atoms. The Labute approximate surface area is 155 Å². The van der Waals surface area contributed by atoms with Gasteiger partial charge in [-0.15, -0.1) is 0 Å². The highest BCUT2D eigenvalue weighted by molar-refractivity contribution is 5.92. The van der Waals surface area contributed by atoms with Crippen LogP contribution in [-0.4, -0.2) is 42.6 Å². The molecule has 2 aromatic rings. The maximum atomic E-state index is 12.4. The van der Waals surface area contributed by atoms with E-state index in [4.69, 9.17) is 4.74 Å². The van der Waals surface area contributed by atoms with Gasteiger partial charge in [-0.25, -0.2) is 9.97 Å². The van der Waals surface area contributed by atoms with Crippen LogP contribution in [0.5, 0.6) is 5.75 Å². The number of hydrogen-bond donors (Lipinski definition) is 1. The molecule has 6 heteroatoms. The van der Waals surface area contributed by atoms with E-state index in [1.807, 2.05) is 24.3 Å². The smallest absolute Gasteiger partial charge is 0.270 e. The van der Waals surface area contributed by atoms with Gasteiger partial charge in [0.2, 0.25) is 5.95 Å². The lowest BCUT2D eigenvalue weighted by atomic mass is 10.1. The standard InChI is InChI=1S/C20H28N4O2/c1-4-13-24(14-5-2)20-22-12-10-18(23-20)19(25)21-11-9-16-7-6-8-17(15-16)26-3/h6-8,10,12,15H,4-5,9,11,13-14H2,1-3H3,(H,21,25). The summed E-state index contributed by atoms with van der Waals surface area (Å²) in [5.74, 6) is 1.26. The van der Waals surface area contributed by atoms with Crippen molar-refractivity contribution in [2.24, 2.45) is 0 Å². The minimum absolute atomic E-state index is 0.176. The van der Waals surface area contributed by atoms with Gasteiger partial charge in [-0.1, -0.05) is 26.0 Å². The van der Waals surface area contributed by atoms with Crippen molar-refractivity contribution in [1.82, 2.24) is 15.3 Å². The summed E-state index contributed by atoms with van der Waals surface area (Å²) in [6.07, 6.45) is 4.41. The van der Waals surface area contributed by atoms with Gasteiger partial charge in [0.1, 0.15) is 11.4 Å². The van der Waals surface area contributed by atoms with E-state index in [-0.39, 0.29) is 5.91 Å². The molecule has 0 saturated heterocycles. The largest absolute Gasteiger partial charge is 0.497 e. The van der Waals surface area contributed by atoms with Crippen molar-refractivity contribution in [3.8, 4) is 5.75 Å². The van der Waals surface area contributed by atoms with Crippen molar-refractivity contribution in [1.29, 1.82) is 0 Å². The summed E-state index contributed by atoms with van der Waals surface area (Å²) in [6.45, 7) is 6.55. The van der Waals surface area contributed by atoms with Crippen molar-refractivity contribution in [3.05, 3.63) is 47.8 Å². The number of anilines is 1. The average Bonchev–Trinajstić information content (AvgIpc) is 2.68. The van der Waals surface area contributed by atoms with Gasteiger partial charge < -0.3 is 15.0 Å². The minimum Gasteiger partial charge on any atom is -0.497 e. The summed E-state index contributed by atoms with van der Waals surface area (Å²) in [4.78, 5) is 23.3. The van der Waals surface area contributed by atoms with Gasteiger partial charge in [0, 0.05) is 25.8 Å². The van der Waals surface area contributed by atoms with E-state index in [1.165, 1.54) is 0 Å². The van der Waals surface area contributed by atoms with E-state index in [1.54, 1.807) is 19.4 Å². The number of carbonyl (C=O) groups excluding carboxylic acids is 1. The Morgan fingerprint density at radius 2 is 1.96 bits per heavy atom. The Morgan fingerprint density at radius 3 is 2.65 bits per heavy atom. The average molecular weight is 356 g/mol. The zero-order chi connectivity index (χ0) is 18.8. The molecule has 1 amide bonds. The lowest BCUT2D eigenvalue weighted by molar-refractivity contribution is 0.0949. The van der Waals surface area contributed by atoms with E-state index >= 15 is 0 Å². The minimum atomic E-state index is -0.176. The number of nitrogens with zero attached hydrogens (tertiary/aromatic N) is 3. The van der Waals surface area contributed by atoms with Gasteiger partial charge >= 0.3 is 0 Å². The quantitative estimate of drug-likeness (QED) is 0.708. The zero-order valence-electron chi connectivity index (χ0n) is 15.9. The highest BCUT2D eigenvalue weighted by Gasteiger charge is 2.12. The predicted octanol–water partition coefficient (Wildman–Crippen LogP) is 3.08. The summed E-state index contributed by atoms with van der Waals surface area (Å²) in [7, 11) is 1.65. The number of benzene rings is 1. The molecule has 0 fully saturated rings. The maximum absolute atomic E-state index is 12.4. The molecule has 0 aliphatic carbocycles. The third kappa shape index (κ3) is 5.72. The van der Waals surface area contributed by atoms with Gasteiger partial charge in [0.15, 0.2) is 0 Å². The second-order valence-corrected chi connectivity index (χ2v) is 6.09. The van der Waals surface area contributed by atoms with Gasteiger partial charge in [0.05, 0.1) is 7.11 Å². The molecule has 0 aliphatic heterocycles. The molecule has 2 rings (SSSR count). The van der Waals surface area contributed by atoms with Crippen LogP contribution in [0, 0.1) is 0 Å². The predicted molar refractivity (Wildman–Crippen MR) is 104 cm³/mol. The van der Waals surface area contributed by atoms with Crippen LogP contribution in [0.25, 0.3) is 0 Å². The highest BCUT2D eigenvalue weighted by Crippen LogP contribution is 2.13. The Bertz CT molecular complexity index is 700. The molecule has 0 spiro atoms. The van der Waals surface area contributed by atoms with Gasteiger partial charge in [-0.05, 0) is 43.0 Å².